The van der Waals surface area contributed by atoms with E-state index in [9.17, 15) is 18.4 Å². The van der Waals surface area contributed by atoms with Gasteiger partial charge in [-0.05, 0) is 24.0 Å². The summed E-state index contributed by atoms with van der Waals surface area (Å²) in [5.41, 5.74) is 0.0917. The summed E-state index contributed by atoms with van der Waals surface area (Å²) in [5.74, 6) is 0.372. The molecular weight excluding hydrogens is 388 g/mol. The maximum atomic E-state index is 14.8. The van der Waals surface area contributed by atoms with Crippen molar-refractivity contribution in [2.24, 2.45) is 0 Å². The van der Waals surface area contributed by atoms with Crippen molar-refractivity contribution in [3.8, 4) is 0 Å². The van der Waals surface area contributed by atoms with Crippen LogP contribution in [0.3, 0.4) is 0 Å². The number of nitrogens with one attached hydrogen (secondary N) is 1. The second kappa shape index (κ2) is 8.14. The fourth-order valence-electron chi connectivity index (χ4n) is 3.35. The number of rotatable bonds is 5. The van der Waals surface area contributed by atoms with Gasteiger partial charge in [0.15, 0.2) is 11.6 Å². The number of nitrogens with zero attached hydrogens (tertiary/aromatic N) is 2. The van der Waals surface area contributed by atoms with Crippen LogP contribution >= 0.6 is 10.0 Å². The zero-order valence-electron chi connectivity index (χ0n) is 16.5. The van der Waals surface area contributed by atoms with Gasteiger partial charge in [-0.25, -0.2) is 23.6 Å². The number of anilines is 2. The molecule has 2 aliphatic rings. The summed E-state index contributed by atoms with van der Waals surface area (Å²) >= 11 is 0. The van der Waals surface area contributed by atoms with Gasteiger partial charge in [-0.2, -0.15) is 0 Å². The highest BCUT2D eigenvalue weighted by molar-refractivity contribution is 8.32. The number of cyclic esters (lactones) is 1. The van der Waals surface area contributed by atoms with Crippen LogP contribution in [0.25, 0.3) is 0 Å². The van der Waals surface area contributed by atoms with Crippen LogP contribution in [-0.2, 0) is 9.53 Å². The highest BCUT2D eigenvalue weighted by Crippen LogP contribution is 2.43. The molecule has 2 heterocycles. The number of benzene rings is 1. The number of ether oxygens (including phenoxy) is 1. The first kappa shape index (κ1) is 20.7. The molecule has 9 heteroatoms. The normalized spacial score (nSPS) is 22.8. The molecule has 2 fully saturated rings. The van der Waals surface area contributed by atoms with Crippen molar-refractivity contribution < 1.29 is 23.1 Å². The van der Waals surface area contributed by atoms with Gasteiger partial charge in [-0.3, -0.25) is 9.69 Å². The second-order valence-electron chi connectivity index (χ2n) is 7.69. The molecule has 1 aromatic carbocycles. The van der Waals surface area contributed by atoms with Crippen molar-refractivity contribution in [2.75, 3.05) is 60.0 Å². The number of amides is 2. The van der Waals surface area contributed by atoms with E-state index in [0.29, 0.717) is 19.5 Å². The Balaban J connectivity index is 1.72. The van der Waals surface area contributed by atoms with Crippen LogP contribution in [-0.4, -0.2) is 68.3 Å². The highest BCUT2D eigenvalue weighted by Gasteiger charge is 2.34. The van der Waals surface area contributed by atoms with Gasteiger partial charge in [-0.15, -0.1) is 0 Å². The van der Waals surface area contributed by atoms with E-state index in [4.69, 9.17) is 4.74 Å². The minimum atomic E-state index is -0.684. The van der Waals surface area contributed by atoms with Crippen molar-refractivity contribution in [3.63, 3.8) is 0 Å². The molecule has 28 heavy (non-hydrogen) atoms. The molecule has 1 atom stereocenters. The molecule has 0 aromatic heterocycles. The standard InChI is InChI=1S/C19H27F2N3O3S/c1-4-17(25)22-11-14-12-24(19(26)27-14)13-9-15(20)18(16(21)10-13)23-5-7-28(2,3)8-6-23/h9-10,14H,4-8,11-12H2,1-3H3,(H,22,25). The molecule has 0 spiro atoms. The Morgan fingerprint density at radius 2 is 1.86 bits per heavy atom. The van der Waals surface area contributed by atoms with Crippen molar-refractivity contribution in [3.05, 3.63) is 23.8 Å². The quantitative estimate of drug-likeness (QED) is 0.803. The first-order valence-corrected chi connectivity index (χ1v) is 12.2. The van der Waals surface area contributed by atoms with E-state index in [1.54, 1.807) is 11.8 Å². The topological polar surface area (TPSA) is 61.9 Å². The Morgan fingerprint density at radius 3 is 2.43 bits per heavy atom. The smallest absolute Gasteiger partial charge is 0.414 e. The molecule has 1 N–H and O–H groups in total. The summed E-state index contributed by atoms with van der Waals surface area (Å²) in [6.45, 7) is 3.27. The average Bonchev–Trinajstić information content (AvgIpc) is 3.01. The molecule has 0 bridgehead atoms. The largest absolute Gasteiger partial charge is 0.442 e. The van der Waals surface area contributed by atoms with Crippen LogP contribution in [0.2, 0.25) is 0 Å². The summed E-state index contributed by atoms with van der Waals surface area (Å²) in [5, 5.41) is 2.65. The Hall–Kier alpha value is -2.03. The minimum Gasteiger partial charge on any atom is -0.442 e. The number of carbonyl (C=O) groups is 2. The fraction of sp³-hybridized carbons (Fsp3) is 0.579. The van der Waals surface area contributed by atoms with Crippen molar-refractivity contribution in [2.45, 2.75) is 19.4 Å². The van der Waals surface area contributed by atoms with Crippen LogP contribution < -0.4 is 15.1 Å². The van der Waals surface area contributed by atoms with E-state index >= 15 is 0 Å². The zero-order valence-corrected chi connectivity index (χ0v) is 17.3. The lowest BCUT2D eigenvalue weighted by atomic mass is 10.2. The van der Waals surface area contributed by atoms with Crippen LogP contribution in [0.5, 0.6) is 0 Å². The van der Waals surface area contributed by atoms with Gasteiger partial charge in [0.2, 0.25) is 5.91 Å². The summed E-state index contributed by atoms with van der Waals surface area (Å²) in [7, 11) is -0.684. The molecule has 0 aliphatic carbocycles. The van der Waals surface area contributed by atoms with Crippen molar-refractivity contribution >= 4 is 33.4 Å². The Morgan fingerprint density at radius 1 is 1.25 bits per heavy atom. The van der Waals surface area contributed by atoms with Gasteiger partial charge in [0.05, 0.1) is 18.8 Å². The highest BCUT2D eigenvalue weighted by atomic mass is 32.3. The van der Waals surface area contributed by atoms with E-state index < -0.39 is 33.9 Å². The molecule has 1 aromatic rings. The van der Waals surface area contributed by atoms with Crippen LogP contribution in [0.15, 0.2) is 12.1 Å². The SMILES string of the molecule is CCC(=O)NCC1CN(c2cc(F)c(N3CCS(C)(C)CC3)c(F)c2)C(=O)O1. The summed E-state index contributed by atoms with van der Waals surface area (Å²) in [6, 6.07) is 2.36. The minimum absolute atomic E-state index is 0.0297. The third kappa shape index (κ3) is 4.51. The Labute approximate surface area is 165 Å². The van der Waals surface area contributed by atoms with E-state index in [0.717, 1.165) is 11.5 Å². The summed E-state index contributed by atoms with van der Waals surface area (Å²) in [6.07, 6.45) is 3.57. The molecule has 2 saturated heterocycles. The maximum Gasteiger partial charge on any atom is 0.414 e. The fourth-order valence-corrected chi connectivity index (χ4v) is 4.99. The number of halogens is 2. The zero-order chi connectivity index (χ0) is 20.5. The Bertz CT molecular complexity index is 742. The van der Waals surface area contributed by atoms with Crippen molar-refractivity contribution in [1.82, 2.24) is 5.32 Å². The lowest BCUT2D eigenvalue weighted by Gasteiger charge is -2.42. The van der Waals surface area contributed by atoms with Crippen LogP contribution in [0.4, 0.5) is 25.0 Å². The molecule has 2 aliphatic heterocycles. The lowest BCUT2D eigenvalue weighted by Crippen LogP contribution is -2.39. The van der Waals surface area contributed by atoms with E-state index in [2.05, 4.69) is 17.8 Å². The molecule has 3 rings (SSSR count). The summed E-state index contributed by atoms with van der Waals surface area (Å²) in [4.78, 5) is 26.4. The Kier molecular flexibility index (Phi) is 6.02. The average molecular weight is 416 g/mol. The molecule has 0 radical (unpaired) electrons. The van der Waals surface area contributed by atoms with Gasteiger partial charge < -0.3 is 15.0 Å². The van der Waals surface area contributed by atoms with Gasteiger partial charge in [0.1, 0.15) is 11.8 Å². The van der Waals surface area contributed by atoms with E-state index in [-0.39, 0.29) is 30.4 Å². The predicted octanol–water partition coefficient (Wildman–Crippen LogP) is 2.70. The molecule has 156 valence electrons. The van der Waals surface area contributed by atoms with Gasteiger partial charge in [-0.1, -0.05) is 6.92 Å². The van der Waals surface area contributed by atoms with Crippen molar-refractivity contribution in [1.29, 1.82) is 0 Å². The first-order chi connectivity index (χ1) is 13.2. The van der Waals surface area contributed by atoms with E-state index in [1.165, 1.54) is 17.0 Å². The number of hydrogen-bond acceptors (Lipinski definition) is 4. The molecular formula is C19H27F2N3O3S. The van der Waals surface area contributed by atoms with Gasteiger partial charge in [0, 0.05) is 31.6 Å². The molecule has 0 saturated carbocycles. The van der Waals surface area contributed by atoms with Crippen LogP contribution in [0.1, 0.15) is 13.3 Å². The number of carbonyl (C=O) groups excluding carboxylic acids is 2. The van der Waals surface area contributed by atoms with Gasteiger partial charge >= 0.3 is 6.09 Å². The summed E-state index contributed by atoms with van der Waals surface area (Å²) < 4.78 is 34.7. The third-order valence-electron chi connectivity index (χ3n) is 5.18. The van der Waals surface area contributed by atoms with E-state index in [1.807, 2.05) is 0 Å². The first-order valence-electron chi connectivity index (χ1n) is 9.37. The number of hydrogen-bond donors (Lipinski definition) is 1. The monoisotopic (exact) mass is 415 g/mol. The predicted molar refractivity (Wildman–Crippen MR) is 109 cm³/mol. The lowest BCUT2D eigenvalue weighted by molar-refractivity contribution is -0.121. The second-order valence-corrected chi connectivity index (χ2v) is 12.0. The van der Waals surface area contributed by atoms with Crippen LogP contribution in [0, 0.1) is 11.6 Å². The molecule has 6 nitrogen and oxygen atoms in total. The molecule has 2 amide bonds. The third-order valence-corrected chi connectivity index (χ3v) is 7.75. The van der Waals surface area contributed by atoms with Gasteiger partial charge in [0.25, 0.3) is 0 Å². The maximum absolute atomic E-state index is 14.8. The molecule has 1 unspecified atom stereocenters.